The fraction of sp³-hybridized carbons (Fsp3) is 0.458. The van der Waals surface area contributed by atoms with Gasteiger partial charge < -0.3 is 9.84 Å². The van der Waals surface area contributed by atoms with Gasteiger partial charge in [-0.05, 0) is 68.1 Å². The Balaban J connectivity index is 2.01. The number of carboxylic acids is 1. The van der Waals surface area contributed by atoms with E-state index in [4.69, 9.17) is 21.4 Å². The van der Waals surface area contributed by atoms with Crippen LogP contribution in [-0.4, -0.2) is 36.1 Å². The normalized spacial score (nSPS) is 20.0. The molecule has 2 aromatic rings. The summed E-state index contributed by atoms with van der Waals surface area (Å²) in [6.07, 6.45) is 3.39. The predicted octanol–water partition coefficient (Wildman–Crippen LogP) is 5.43. The maximum absolute atomic E-state index is 11.0. The van der Waals surface area contributed by atoms with Crippen molar-refractivity contribution in [3.63, 3.8) is 0 Å². The van der Waals surface area contributed by atoms with Crippen molar-refractivity contribution >= 4 is 17.6 Å². The molecule has 0 aromatic heterocycles. The highest BCUT2D eigenvalue weighted by Crippen LogP contribution is 2.55. The van der Waals surface area contributed by atoms with E-state index in [9.17, 15) is 4.79 Å². The third-order valence-corrected chi connectivity index (χ3v) is 6.40. The summed E-state index contributed by atoms with van der Waals surface area (Å²) >= 11 is 6.17. The maximum atomic E-state index is 11.0. The van der Waals surface area contributed by atoms with Crippen LogP contribution in [0.1, 0.15) is 56.2 Å². The molecule has 0 amide bonds. The summed E-state index contributed by atoms with van der Waals surface area (Å²) in [4.78, 5) is 12.8. The molecule has 1 aliphatic rings. The smallest absolute Gasteiger partial charge is 0.317 e. The molecule has 1 unspecified atom stereocenters. The van der Waals surface area contributed by atoms with Crippen molar-refractivity contribution < 1.29 is 14.6 Å². The largest absolute Gasteiger partial charge is 0.480 e. The highest BCUT2D eigenvalue weighted by molar-refractivity contribution is 6.30. The molecule has 0 radical (unpaired) electrons. The minimum atomic E-state index is -0.807. The topological polar surface area (TPSA) is 49.8 Å². The molecule has 0 aliphatic carbocycles. The molecule has 0 fully saturated rings. The number of rotatable bonds is 9. The Morgan fingerprint density at radius 1 is 1.07 bits per heavy atom. The quantitative estimate of drug-likeness (QED) is 0.593. The van der Waals surface area contributed by atoms with E-state index in [1.54, 1.807) is 0 Å². The van der Waals surface area contributed by atoms with Crippen molar-refractivity contribution in [3.05, 3.63) is 70.2 Å². The molecular weight excluding hydrogens is 386 g/mol. The van der Waals surface area contributed by atoms with Crippen molar-refractivity contribution in [2.75, 3.05) is 20.1 Å². The Bertz CT molecular complexity index is 847. The van der Waals surface area contributed by atoms with Crippen LogP contribution in [0.4, 0.5) is 0 Å². The van der Waals surface area contributed by atoms with Gasteiger partial charge in [-0.3, -0.25) is 9.69 Å². The second-order valence-electron chi connectivity index (χ2n) is 7.92. The fourth-order valence-electron chi connectivity index (χ4n) is 4.62. The van der Waals surface area contributed by atoms with Crippen LogP contribution in [0.5, 0.6) is 0 Å². The maximum Gasteiger partial charge on any atom is 0.317 e. The van der Waals surface area contributed by atoms with Gasteiger partial charge in [0.15, 0.2) is 0 Å². The summed E-state index contributed by atoms with van der Waals surface area (Å²) in [5, 5.41) is 9.74. The molecule has 0 spiro atoms. The number of aliphatic carboxylic acids is 1. The van der Waals surface area contributed by atoms with Crippen molar-refractivity contribution in [2.24, 2.45) is 0 Å². The summed E-state index contributed by atoms with van der Waals surface area (Å²) in [6.45, 7) is 5.09. The van der Waals surface area contributed by atoms with Gasteiger partial charge in [-0.1, -0.05) is 61.8 Å². The van der Waals surface area contributed by atoms with Gasteiger partial charge in [0, 0.05) is 5.02 Å². The second kappa shape index (κ2) is 8.86. The number of benzene rings is 2. The highest BCUT2D eigenvalue weighted by Gasteiger charge is 2.52. The molecule has 4 nitrogen and oxygen atoms in total. The zero-order chi connectivity index (χ0) is 21.1. The Hall–Kier alpha value is -1.88. The number of carboxylic acid groups (broad SMARTS) is 1. The summed E-state index contributed by atoms with van der Waals surface area (Å²) < 4.78 is 7.02. The molecular formula is C24H30ClNO3. The Kier molecular flexibility index (Phi) is 6.67. The van der Waals surface area contributed by atoms with Gasteiger partial charge in [0.2, 0.25) is 0 Å². The number of likely N-dealkylation sites (N-methyl/N-ethyl adjacent to an activating group) is 1. The van der Waals surface area contributed by atoms with Gasteiger partial charge in [-0.2, -0.15) is 0 Å². The molecule has 5 heteroatoms. The number of hydrogen-bond donors (Lipinski definition) is 1. The first-order valence-corrected chi connectivity index (χ1v) is 10.7. The Morgan fingerprint density at radius 2 is 1.69 bits per heavy atom. The van der Waals surface area contributed by atoms with Crippen LogP contribution in [0.3, 0.4) is 0 Å². The third-order valence-electron chi connectivity index (χ3n) is 6.15. The fourth-order valence-corrected chi connectivity index (χ4v) is 4.75. The lowest BCUT2D eigenvalue weighted by Gasteiger charge is -2.36. The van der Waals surface area contributed by atoms with E-state index in [2.05, 4.69) is 50.2 Å². The number of nitrogens with zero attached hydrogens (tertiary/aromatic N) is 1. The first-order valence-electron chi connectivity index (χ1n) is 10.3. The molecule has 1 heterocycles. The number of fused-ring (bicyclic) bond motifs is 1. The summed E-state index contributed by atoms with van der Waals surface area (Å²) in [5.74, 6) is -0.807. The van der Waals surface area contributed by atoms with Gasteiger partial charge >= 0.3 is 5.97 Å². The van der Waals surface area contributed by atoms with E-state index in [0.29, 0.717) is 11.6 Å². The van der Waals surface area contributed by atoms with Gasteiger partial charge in [-0.25, -0.2) is 0 Å². The van der Waals surface area contributed by atoms with Crippen molar-refractivity contribution in [2.45, 2.75) is 50.7 Å². The van der Waals surface area contributed by atoms with Crippen LogP contribution in [0.25, 0.3) is 0 Å². The van der Waals surface area contributed by atoms with E-state index in [1.165, 1.54) is 11.1 Å². The lowest BCUT2D eigenvalue weighted by molar-refractivity contribution is -0.138. The van der Waals surface area contributed by atoms with E-state index < -0.39 is 11.6 Å². The van der Waals surface area contributed by atoms with E-state index in [1.807, 2.05) is 24.1 Å². The molecule has 2 aromatic carbocycles. The zero-order valence-corrected chi connectivity index (χ0v) is 18.2. The van der Waals surface area contributed by atoms with Crippen molar-refractivity contribution in [3.8, 4) is 0 Å². The summed E-state index contributed by atoms with van der Waals surface area (Å²) in [6, 6.07) is 16.5. The first kappa shape index (κ1) is 21.8. The Morgan fingerprint density at radius 3 is 2.28 bits per heavy atom. The number of carbonyl (C=O) groups is 1. The third kappa shape index (κ3) is 4.20. The molecule has 156 valence electrons. The number of hydrogen-bond acceptors (Lipinski definition) is 3. The van der Waals surface area contributed by atoms with Gasteiger partial charge in [0.05, 0.1) is 12.1 Å². The van der Waals surface area contributed by atoms with Crippen LogP contribution in [0.15, 0.2) is 48.5 Å². The molecule has 0 saturated carbocycles. The van der Waals surface area contributed by atoms with Crippen LogP contribution in [0, 0.1) is 0 Å². The summed E-state index contributed by atoms with van der Waals surface area (Å²) in [5.41, 5.74) is 2.70. The minimum Gasteiger partial charge on any atom is -0.480 e. The SMILES string of the molecule is CCC1(CC)OC(CCCN(C)CC(=O)O)(c2ccc(Cl)cc2)c2ccccc21. The molecule has 3 rings (SSSR count). The monoisotopic (exact) mass is 415 g/mol. The molecule has 1 N–H and O–H groups in total. The molecule has 0 bridgehead atoms. The number of halogens is 1. The Labute approximate surface area is 178 Å². The molecule has 29 heavy (non-hydrogen) atoms. The predicted molar refractivity (Wildman–Crippen MR) is 116 cm³/mol. The number of ether oxygens (including phenoxy) is 1. The average Bonchev–Trinajstić information content (AvgIpc) is 3.00. The van der Waals surface area contributed by atoms with Crippen LogP contribution >= 0.6 is 11.6 Å². The lowest BCUT2D eigenvalue weighted by Crippen LogP contribution is -2.34. The van der Waals surface area contributed by atoms with Crippen LogP contribution in [0.2, 0.25) is 5.02 Å². The molecule has 0 saturated heterocycles. The van der Waals surface area contributed by atoms with E-state index in [-0.39, 0.29) is 12.1 Å². The average molecular weight is 416 g/mol. The minimum absolute atomic E-state index is 0.0409. The lowest BCUT2D eigenvalue weighted by atomic mass is 9.80. The molecule has 1 atom stereocenters. The van der Waals surface area contributed by atoms with Crippen molar-refractivity contribution in [1.29, 1.82) is 0 Å². The standard InChI is InChI=1S/C24H30ClNO3/c1-4-23(5-2)20-9-6-7-10-21(20)24(29-23,18-11-13-19(25)14-12-18)15-8-16-26(3)17-22(27)28/h6-7,9-14H,4-5,8,15-17H2,1-3H3,(H,27,28). The molecule has 1 aliphatic heterocycles. The van der Waals surface area contributed by atoms with E-state index >= 15 is 0 Å². The summed E-state index contributed by atoms with van der Waals surface area (Å²) in [7, 11) is 1.84. The van der Waals surface area contributed by atoms with Gasteiger partial charge in [0.1, 0.15) is 5.60 Å². The van der Waals surface area contributed by atoms with E-state index in [0.717, 1.165) is 31.2 Å². The first-order chi connectivity index (χ1) is 13.9. The van der Waals surface area contributed by atoms with Gasteiger partial charge in [-0.15, -0.1) is 0 Å². The zero-order valence-electron chi connectivity index (χ0n) is 17.5. The van der Waals surface area contributed by atoms with Crippen LogP contribution < -0.4 is 0 Å². The van der Waals surface area contributed by atoms with Crippen LogP contribution in [-0.2, 0) is 20.7 Å². The second-order valence-corrected chi connectivity index (χ2v) is 8.35. The highest BCUT2D eigenvalue weighted by atomic mass is 35.5. The van der Waals surface area contributed by atoms with Gasteiger partial charge in [0.25, 0.3) is 0 Å². The van der Waals surface area contributed by atoms with Crippen molar-refractivity contribution in [1.82, 2.24) is 4.90 Å².